The van der Waals surface area contributed by atoms with E-state index in [0.29, 0.717) is 16.9 Å². The van der Waals surface area contributed by atoms with Gasteiger partial charge in [0.15, 0.2) is 11.6 Å². The molecule has 0 saturated carbocycles. The number of anilines is 1. The summed E-state index contributed by atoms with van der Waals surface area (Å²) in [5.41, 5.74) is 6.51. The molecule has 7 nitrogen and oxygen atoms in total. The van der Waals surface area contributed by atoms with Crippen molar-refractivity contribution in [3.63, 3.8) is 0 Å². The molecular weight excluding hydrogens is 413 g/mol. The number of rotatable bonds is 5. The smallest absolute Gasteiger partial charge is 0.251 e. The molecule has 32 heavy (non-hydrogen) atoms. The molecule has 1 unspecified atom stereocenters. The largest absolute Gasteiger partial charge is 0.494 e. The number of halogens is 1. The van der Waals surface area contributed by atoms with Crippen molar-refractivity contribution >= 4 is 22.5 Å². The van der Waals surface area contributed by atoms with Gasteiger partial charge in [-0.2, -0.15) is 0 Å². The van der Waals surface area contributed by atoms with Crippen LogP contribution in [0, 0.1) is 5.82 Å². The van der Waals surface area contributed by atoms with Crippen molar-refractivity contribution in [1.82, 2.24) is 10.3 Å². The predicted molar refractivity (Wildman–Crippen MR) is 121 cm³/mol. The first-order chi connectivity index (χ1) is 15.5. The van der Waals surface area contributed by atoms with Crippen LogP contribution >= 0.6 is 0 Å². The Balaban J connectivity index is 0.000000416. The molecule has 0 aliphatic carbocycles. The quantitative estimate of drug-likeness (QED) is 0.558. The predicted octanol–water partition coefficient (Wildman–Crippen LogP) is 3.62. The number of methoxy groups -OCH3 is 1. The number of aromatic nitrogens is 1. The van der Waals surface area contributed by atoms with Gasteiger partial charge in [-0.1, -0.05) is 12.1 Å². The fourth-order valence-electron chi connectivity index (χ4n) is 3.36. The first-order valence-electron chi connectivity index (χ1n) is 10.5. The molecule has 4 rings (SSSR count). The number of carbonyl (C=O) groups is 1. The van der Waals surface area contributed by atoms with E-state index in [1.54, 1.807) is 36.5 Å². The Hall–Kier alpha value is -3.23. The first-order valence-corrected chi connectivity index (χ1v) is 10.5. The van der Waals surface area contributed by atoms with Crippen molar-refractivity contribution in [3.8, 4) is 5.75 Å². The van der Waals surface area contributed by atoms with Crippen LogP contribution in [-0.2, 0) is 4.74 Å². The summed E-state index contributed by atoms with van der Waals surface area (Å²) < 4.78 is 23.8. The summed E-state index contributed by atoms with van der Waals surface area (Å²) in [5.74, 6) is -0.501. The number of carbonyl (C=O) groups excluding carboxylic acids is 1. The lowest BCUT2D eigenvalue weighted by Gasteiger charge is -2.17. The van der Waals surface area contributed by atoms with Crippen molar-refractivity contribution < 1.29 is 23.8 Å². The summed E-state index contributed by atoms with van der Waals surface area (Å²) in [7, 11) is 1.37. The molecule has 3 aromatic rings. The number of fused-ring (bicyclic) bond motifs is 1. The van der Waals surface area contributed by atoms with Crippen molar-refractivity contribution in [2.75, 3.05) is 32.7 Å². The summed E-state index contributed by atoms with van der Waals surface area (Å²) in [6.07, 6.45) is 5.56. The Morgan fingerprint density at radius 3 is 2.56 bits per heavy atom. The topological polar surface area (TPSA) is 107 Å². The van der Waals surface area contributed by atoms with Crippen LogP contribution < -0.4 is 15.8 Å². The Morgan fingerprint density at radius 1 is 1.19 bits per heavy atom. The minimum absolute atomic E-state index is 0.0949. The van der Waals surface area contributed by atoms with Gasteiger partial charge in [0.2, 0.25) is 0 Å². The van der Waals surface area contributed by atoms with Crippen LogP contribution in [0.4, 0.5) is 10.2 Å². The second kappa shape index (κ2) is 11.4. The van der Waals surface area contributed by atoms with Gasteiger partial charge in [0.05, 0.1) is 19.8 Å². The molecule has 1 atom stereocenters. The fraction of sp³-hybridized carbons (Fsp3) is 0.333. The molecule has 1 aromatic heterocycles. The number of hydrogen-bond acceptors (Lipinski definition) is 6. The van der Waals surface area contributed by atoms with Gasteiger partial charge < -0.3 is 25.6 Å². The van der Waals surface area contributed by atoms with E-state index in [9.17, 15) is 14.3 Å². The van der Waals surface area contributed by atoms with Gasteiger partial charge in [0.1, 0.15) is 5.82 Å². The molecule has 0 radical (unpaired) electrons. The van der Waals surface area contributed by atoms with Crippen LogP contribution in [0.15, 0.2) is 48.7 Å². The third kappa shape index (κ3) is 6.15. The Kier molecular flexibility index (Phi) is 8.35. The number of nitrogen functional groups attached to an aromatic ring is 1. The molecule has 1 saturated heterocycles. The molecule has 1 fully saturated rings. The highest BCUT2D eigenvalue weighted by molar-refractivity contribution is 5.99. The molecule has 2 heterocycles. The van der Waals surface area contributed by atoms with Crippen LogP contribution in [0.5, 0.6) is 5.75 Å². The average molecular weight is 442 g/mol. The van der Waals surface area contributed by atoms with E-state index >= 15 is 0 Å². The molecule has 170 valence electrons. The highest BCUT2D eigenvalue weighted by Gasteiger charge is 2.17. The number of nitrogens with zero attached hydrogens (tertiary/aromatic N) is 1. The second-order valence-electron chi connectivity index (χ2n) is 7.45. The minimum atomic E-state index is -0.749. The van der Waals surface area contributed by atoms with E-state index in [1.165, 1.54) is 38.5 Å². The molecule has 1 aliphatic rings. The molecule has 4 N–H and O–H groups in total. The van der Waals surface area contributed by atoms with Crippen molar-refractivity contribution in [2.24, 2.45) is 0 Å². The van der Waals surface area contributed by atoms with Crippen molar-refractivity contribution in [1.29, 1.82) is 0 Å². The summed E-state index contributed by atoms with van der Waals surface area (Å²) in [5, 5.41) is 13.9. The number of amides is 1. The Labute approximate surface area is 186 Å². The lowest BCUT2D eigenvalue weighted by atomic mass is 10.0. The van der Waals surface area contributed by atoms with E-state index in [2.05, 4.69) is 10.3 Å². The lowest BCUT2D eigenvalue weighted by molar-refractivity contribution is 0.0916. The van der Waals surface area contributed by atoms with E-state index < -0.39 is 17.8 Å². The highest BCUT2D eigenvalue weighted by atomic mass is 19.1. The standard InChI is InChI=1S/C19H18FN3O3.C5H10O/c1-26-17-5-4-11(7-15(17)20)16(10-24)23-19(25)12-2-3-13-9-22-18(21)8-14(13)6-12;1-2-4-6-5-3-1/h2-9,16,24H,10H2,1H3,(H2,21,22)(H,23,25);1-5H2. The fourth-order valence-corrected chi connectivity index (χ4v) is 3.36. The van der Waals surface area contributed by atoms with E-state index in [1.807, 2.05) is 0 Å². The van der Waals surface area contributed by atoms with Crippen LogP contribution in [0.3, 0.4) is 0 Å². The summed E-state index contributed by atoms with van der Waals surface area (Å²) in [6, 6.07) is 10.3. The third-order valence-electron chi connectivity index (χ3n) is 5.15. The molecule has 2 aromatic carbocycles. The van der Waals surface area contributed by atoms with E-state index in [-0.39, 0.29) is 12.4 Å². The van der Waals surface area contributed by atoms with E-state index in [0.717, 1.165) is 24.0 Å². The number of aliphatic hydroxyl groups excluding tert-OH is 1. The second-order valence-corrected chi connectivity index (χ2v) is 7.45. The maximum absolute atomic E-state index is 13.9. The number of nitrogens with two attached hydrogens (primary N) is 1. The number of nitrogens with one attached hydrogen (secondary N) is 1. The van der Waals surface area contributed by atoms with Crippen molar-refractivity contribution in [2.45, 2.75) is 25.3 Å². The zero-order valence-electron chi connectivity index (χ0n) is 18.0. The van der Waals surface area contributed by atoms with Gasteiger partial charge in [0, 0.05) is 30.4 Å². The molecule has 0 spiro atoms. The van der Waals surface area contributed by atoms with Gasteiger partial charge in [-0.15, -0.1) is 0 Å². The van der Waals surface area contributed by atoms with Crippen LogP contribution in [0.2, 0.25) is 0 Å². The number of benzene rings is 2. The number of aliphatic hydroxyl groups is 1. The van der Waals surface area contributed by atoms with Gasteiger partial charge in [-0.3, -0.25) is 4.79 Å². The van der Waals surface area contributed by atoms with Crippen LogP contribution in [-0.4, -0.2) is 42.9 Å². The third-order valence-corrected chi connectivity index (χ3v) is 5.15. The molecular formula is C24H28FN3O4. The molecule has 8 heteroatoms. The van der Waals surface area contributed by atoms with Crippen LogP contribution in [0.1, 0.15) is 41.2 Å². The monoisotopic (exact) mass is 441 g/mol. The SMILES string of the molecule is C1CCOCC1.COc1ccc(C(CO)NC(=O)c2ccc3cnc(N)cc3c2)cc1F. The molecule has 0 bridgehead atoms. The number of hydrogen-bond donors (Lipinski definition) is 3. The number of ether oxygens (including phenoxy) is 2. The summed E-state index contributed by atoms with van der Waals surface area (Å²) in [6.45, 7) is 1.63. The summed E-state index contributed by atoms with van der Waals surface area (Å²) >= 11 is 0. The Morgan fingerprint density at radius 2 is 1.97 bits per heavy atom. The highest BCUT2D eigenvalue weighted by Crippen LogP contribution is 2.23. The maximum Gasteiger partial charge on any atom is 0.251 e. The van der Waals surface area contributed by atoms with Gasteiger partial charge in [-0.05, 0) is 60.5 Å². The Bertz CT molecular complexity index is 1050. The van der Waals surface area contributed by atoms with Gasteiger partial charge in [0.25, 0.3) is 5.91 Å². The molecule has 1 amide bonds. The average Bonchev–Trinajstić information content (AvgIpc) is 2.83. The van der Waals surface area contributed by atoms with Crippen molar-refractivity contribution in [3.05, 3.63) is 65.6 Å². The van der Waals surface area contributed by atoms with Gasteiger partial charge in [-0.25, -0.2) is 9.37 Å². The maximum atomic E-state index is 13.9. The number of pyridine rings is 1. The van der Waals surface area contributed by atoms with Crippen LogP contribution in [0.25, 0.3) is 10.8 Å². The zero-order valence-corrected chi connectivity index (χ0v) is 18.0. The minimum Gasteiger partial charge on any atom is -0.494 e. The zero-order chi connectivity index (χ0) is 22.9. The van der Waals surface area contributed by atoms with E-state index in [4.69, 9.17) is 15.2 Å². The lowest BCUT2D eigenvalue weighted by Crippen LogP contribution is -2.30. The normalized spacial score (nSPS) is 14.2. The van der Waals surface area contributed by atoms with Gasteiger partial charge >= 0.3 is 0 Å². The molecule has 1 aliphatic heterocycles. The summed E-state index contributed by atoms with van der Waals surface area (Å²) in [4.78, 5) is 16.5. The first kappa shape index (κ1) is 23.4.